The van der Waals surface area contributed by atoms with Crippen molar-refractivity contribution in [2.75, 3.05) is 6.61 Å². The molecular weight excluding hydrogens is 290 g/mol. The summed E-state index contributed by atoms with van der Waals surface area (Å²) < 4.78 is 10.9. The number of carbonyl (C=O) groups is 1. The maximum Gasteiger partial charge on any atom is 0.413 e. The summed E-state index contributed by atoms with van der Waals surface area (Å²) in [6, 6.07) is 17.2. The molecule has 0 aromatic heterocycles. The fraction of sp³-hybridized carbons (Fsp3) is 0.316. The third-order valence-corrected chi connectivity index (χ3v) is 3.01. The number of nitrogens with one attached hydrogen (secondary N) is 1. The molecule has 0 fully saturated rings. The van der Waals surface area contributed by atoms with Gasteiger partial charge in [0.2, 0.25) is 0 Å². The van der Waals surface area contributed by atoms with Gasteiger partial charge in [0.15, 0.2) is 0 Å². The summed E-state index contributed by atoms with van der Waals surface area (Å²) in [5.41, 5.74) is 0.815. The summed E-state index contributed by atoms with van der Waals surface area (Å²) in [4.78, 5) is 11.7. The summed E-state index contributed by atoms with van der Waals surface area (Å²) in [5, 5.41) is 2.75. The van der Waals surface area contributed by atoms with Crippen LogP contribution >= 0.6 is 0 Å². The highest BCUT2D eigenvalue weighted by molar-refractivity contribution is 5.71. The van der Waals surface area contributed by atoms with Gasteiger partial charge in [-0.1, -0.05) is 30.3 Å². The van der Waals surface area contributed by atoms with E-state index in [0.29, 0.717) is 12.4 Å². The third-order valence-electron chi connectivity index (χ3n) is 3.01. The number of para-hydroxylation sites is 1. The van der Waals surface area contributed by atoms with E-state index < -0.39 is 6.09 Å². The van der Waals surface area contributed by atoms with Gasteiger partial charge < -0.3 is 14.8 Å². The molecule has 2 aromatic carbocycles. The predicted octanol–water partition coefficient (Wildman–Crippen LogP) is 4.20. The van der Waals surface area contributed by atoms with Gasteiger partial charge in [0.1, 0.15) is 11.5 Å². The van der Waals surface area contributed by atoms with Crippen molar-refractivity contribution in [3.8, 4) is 11.5 Å². The summed E-state index contributed by atoms with van der Waals surface area (Å²) in [6.45, 7) is 6.33. The fourth-order valence-electron chi connectivity index (χ4n) is 1.97. The zero-order chi connectivity index (χ0) is 16.7. The van der Waals surface area contributed by atoms with Crippen molar-refractivity contribution in [2.45, 2.75) is 32.7 Å². The van der Waals surface area contributed by atoms with Crippen molar-refractivity contribution in [3.63, 3.8) is 0 Å². The zero-order valence-corrected chi connectivity index (χ0v) is 13.8. The number of ether oxygens (including phenoxy) is 2. The maximum atomic E-state index is 11.7. The maximum absolute atomic E-state index is 11.7. The smallest absolute Gasteiger partial charge is 0.413 e. The van der Waals surface area contributed by atoms with Crippen LogP contribution in [0.2, 0.25) is 0 Å². The molecule has 0 unspecified atom stereocenters. The second-order valence-corrected chi connectivity index (χ2v) is 6.32. The second kappa shape index (κ2) is 7.68. The first-order valence-electron chi connectivity index (χ1n) is 7.69. The van der Waals surface area contributed by atoms with Crippen molar-refractivity contribution in [2.24, 2.45) is 0 Å². The van der Waals surface area contributed by atoms with Gasteiger partial charge in [-0.25, -0.2) is 4.79 Å². The predicted molar refractivity (Wildman–Crippen MR) is 91.0 cm³/mol. The summed E-state index contributed by atoms with van der Waals surface area (Å²) in [5.74, 6) is 1.39. The number of hydrogen-bond acceptors (Lipinski definition) is 3. The van der Waals surface area contributed by atoms with Gasteiger partial charge in [0, 0.05) is 12.0 Å². The Morgan fingerprint density at radius 1 is 0.957 bits per heavy atom. The SMILES string of the molecule is CC(C)(C)NC(=O)Oc1ccc(CCOc2ccccc2)cc1. The molecular formula is C19H23NO3. The molecule has 0 bridgehead atoms. The normalized spacial score (nSPS) is 10.9. The summed E-state index contributed by atoms with van der Waals surface area (Å²) in [6.07, 6.45) is 0.348. The van der Waals surface area contributed by atoms with Crippen molar-refractivity contribution in [3.05, 3.63) is 60.2 Å². The van der Waals surface area contributed by atoms with Gasteiger partial charge >= 0.3 is 6.09 Å². The summed E-state index contributed by atoms with van der Waals surface area (Å²) in [7, 11) is 0. The molecule has 4 nitrogen and oxygen atoms in total. The molecule has 0 aliphatic heterocycles. The van der Waals surface area contributed by atoms with E-state index in [4.69, 9.17) is 9.47 Å². The first-order chi connectivity index (χ1) is 10.9. The number of benzene rings is 2. The molecule has 2 rings (SSSR count). The molecule has 0 heterocycles. The lowest BCUT2D eigenvalue weighted by molar-refractivity contribution is 0.190. The van der Waals surface area contributed by atoms with Crippen molar-refractivity contribution in [1.82, 2.24) is 5.32 Å². The van der Waals surface area contributed by atoms with E-state index in [1.165, 1.54) is 0 Å². The molecule has 0 saturated heterocycles. The van der Waals surface area contributed by atoms with Crippen LogP contribution < -0.4 is 14.8 Å². The quantitative estimate of drug-likeness (QED) is 0.900. The molecule has 0 saturated carbocycles. The molecule has 23 heavy (non-hydrogen) atoms. The zero-order valence-electron chi connectivity index (χ0n) is 13.8. The van der Waals surface area contributed by atoms with E-state index in [0.717, 1.165) is 17.7 Å². The first-order valence-corrected chi connectivity index (χ1v) is 7.69. The monoisotopic (exact) mass is 313 g/mol. The van der Waals surface area contributed by atoms with Crippen LogP contribution in [0.3, 0.4) is 0 Å². The minimum atomic E-state index is -0.447. The highest BCUT2D eigenvalue weighted by Crippen LogP contribution is 2.14. The van der Waals surface area contributed by atoms with E-state index >= 15 is 0 Å². The summed E-state index contributed by atoms with van der Waals surface area (Å²) >= 11 is 0. The van der Waals surface area contributed by atoms with Gasteiger partial charge in [-0.05, 0) is 50.6 Å². The van der Waals surface area contributed by atoms with Gasteiger partial charge in [0.05, 0.1) is 6.61 Å². The number of rotatable bonds is 5. The minimum absolute atomic E-state index is 0.314. The Labute approximate surface area is 137 Å². The average Bonchev–Trinajstić information content (AvgIpc) is 2.48. The molecule has 0 aliphatic carbocycles. The van der Waals surface area contributed by atoms with E-state index in [1.807, 2.05) is 63.2 Å². The number of amides is 1. The van der Waals surface area contributed by atoms with Gasteiger partial charge in [-0.3, -0.25) is 0 Å². The van der Waals surface area contributed by atoms with Crippen molar-refractivity contribution < 1.29 is 14.3 Å². The lowest BCUT2D eigenvalue weighted by Crippen LogP contribution is -2.42. The highest BCUT2D eigenvalue weighted by atomic mass is 16.6. The second-order valence-electron chi connectivity index (χ2n) is 6.32. The van der Waals surface area contributed by atoms with Crippen LogP contribution in [-0.4, -0.2) is 18.2 Å². The van der Waals surface area contributed by atoms with Gasteiger partial charge in [0.25, 0.3) is 0 Å². The first kappa shape index (κ1) is 16.9. The number of hydrogen-bond donors (Lipinski definition) is 1. The highest BCUT2D eigenvalue weighted by Gasteiger charge is 2.15. The van der Waals surface area contributed by atoms with Crippen LogP contribution in [0.1, 0.15) is 26.3 Å². The third kappa shape index (κ3) is 6.43. The topological polar surface area (TPSA) is 47.6 Å². The standard InChI is InChI=1S/C19H23NO3/c1-19(2,3)20-18(21)23-17-11-9-15(10-12-17)13-14-22-16-7-5-4-6-8-16/h4-12H,13-14H2,1-3H3,(H,20,21). The van der Waals surface area contributed by atoms with Crippen LogP contribution in [0.4, 0.5) is 4.79 Å². The molecule has 0 aliphatic rings. The Morgan fingerprint density at radius 2 is 1.61 bits per heavy atom. The van der Waals surface area contributed by atoms with Crippen molar-refractivity contribution >= 4 is 6.09 Å². The molecule has 122 valence electrons. The Kier molecular flexibility index (Phi) is 5.63. The van der Waals surface area contributed by atoms with Crippen LogP contribution in [-0.2, 0) is 6.42 Å². The Balaban J connectivity index is 1.79. The van der Waals surface area contributed by atoms with Gasteiger partial charge in [-0.15, -0.1) is 0 Å². The number of carbonyl (C=O) groups excluding carboxylic acids is 1. The lowest BCUT2D eigenvalue weighted by atomic mass is 10.1. The van der Waals surface area contributed by atoms with Crippen LogP contribution in [0.5, 0.6) is 11.5 Å². The molecule has 4 heteroatoms. The van der Waals surface area contributed by atoms with Crippen molar-refractivity contribution in [1.29, 1.82) is 0 Å². The van der Waals surface area contributed by atoms with E-state index in [9.17, 15) is 4.79 Å². The van der Waals surface area contributed by atoms with E-state index in [-0.39, 0.29) is 5.54 Å². The Bertz CT molecular complexity index is 615. The molecule has 1 amide bonds. The van der Waals surface area contributed by atoms with Crippen LogP contribution in [0, 0.1) is 0 Å². The fourth-order valence-corrected chi connectivity index (χ4v) is 1.97. The van der Waals surface area contributed by atoms with E-state index in [1.54, 1.807) is 12.1 Å². The molecule has 0 radical (unpaired) electrons. The Hall–Kier alpha value is -2.49. The van der Waals surface area contributed by atoms with Crippen LogP contribution in [0.25, 0.3) is 0 Å². The molecule has 1 N–H and O–H groups in total. The molecule has 2 aromatic rings. The minimum Gasteiger partial charge on any atom is -0.493 e. The average molecular weight is 313 g/mol. The lowest BCUT2D eigenvalue weighted by Gasteiger charge is -2.19. The largest absolute Gasteiger partial charge is 0.493 e. The Morgan fingerprint density at radius 3 is 2.22 bits per heavy atom. The van der Waals surface area contributed by atoms with E-state index in [2.05, 4.69) is 5.32 Å². The van der Waals surface area contributed by atoms with Gasteiger partial charge in [-0.2, -0.15) is 0 Å². The molecule has 0 spiro atoms. The molecule has 0 atom stereocenters. The van der Waals surface area contributed by atoms with Crippen LogP contribution in [0.15, 0.2) is 54.6 Å².